The van der Waals surface area contributed by atoms with Gasteiger partial charge in [0.25, 0.3) is 5.82 Å². The molecule has 88 valence electrons. The third-order valence-electron chi connectivity index (χ3n) is 2.45. The summed E-state index contributed by atoms with van der Waals surface area (Å²) < 4.78 is 4.87. The molecule has 0 radical (unpaired) electrons. The van der Waals surface area contributed by atoms with Crippen LogP contribution in [0.1, 0.15) is 22.9 Å². The fourth-order valence-corrected chi connectivity index (χ4v) is 1.66. The molecule has 0 saturated carbocycles. The van der Waals surface area contributed by atoms with Gasteiger partial charge < -0.3 is 14.9 Å². The van der Waals surface area contributed by atoms with Crippen molar-refractivity contribution in [3.8, 4) is 0 Å². The molecule has 0 spiro atoms. The Kier molecular flexibility index (Phi) is 3.47. The van der Waals surface area contributed by atoms with Crippen molar-refractivity contribution in [2.45, 2.75) is 13.0 Å². The number of carboxylic acids is 1. The molecule has 16 heavy (non-hydrogen) atoms. The van der Waals surface area contributed by atoms with E-state index in [0.717, 1.165) is 32.6 Å². The molecule has 0 atom stereocenters. The number of aromatic nitrogens is 2. The second-order valence-corrected chi connectivity index (χ2v) is 3.70. The Morgan fingerprint density at radius 3 is 3.12 bits per heavy atom. The van der Waals surface area contributed by atoms with Gasteiger partial charge in [0, 0.05) is 13.1 Å². The molecule has 0 aromatic carbocycles. The number of nitrogens with zero attached hydrogens (tertiary/aromatic N) is 3. The first-order valence-electron chi connectivity index (χ1n) is 5.24. The van der Waals surface area contributed by atoms with Crippen molar-refractivity contribution in [3.05, 3.63) is 11.7 Å². The third-order valence-corrected chi connectivity index (χ3v) is 2.45. The van der Waals surface area contributed by atoms with E-state index in [9.17, 15) is 4.79 Å². The monoisotopic (exact) mass is 226 g/mol. The normalized spacial score (nSPS) is 18.2. The van der Waals surface area contributed by atoms with Crippen molar-refractivity contribution < 1.29 is 14.4 Å². The Labute approximate surface area is 92.4 Å². The molecule has 2 N–H and O–H groups in total. The van der Waals surface area contributed by atoms with Gasteiger partial charge in [-0.25, -0.2) is 4.79 Å². The van der Waals surface area contributed by atoms with E-state index in [1.807, 2.05) is 0 Å². The highest BCUT2D eigenvalue weighted by molar-refractivity contribution is 5.82. The molecule has 1 aliphatic heterocycles. The highest BCUT2D eigenvalue weighted by atomic mass is 16.5. The maximum absolute atomic E-state index is 10.6. The smallest absolute Gasteiger partial charge is 0.377 e. The molecular formula is C9H14N4O3. The minimum atomic E-state index is -1.16. The molecule has 1 fully saturated rings. The summed E-state index contributed by atoms with van der Waals surface area (Å²) in [5.41, 5.74) is 0. The molecule has 0 unspecified atom stereocenters. The Hall–Kier alpha value is -1.47. The summed E-state index contributed by atoms with van der Waals surface area (Å²) in [6, 6.07) is 0. The zero-order valence-corrected chi connectivity index (χ0v) is 8.85. The van der Waals surface area contributed by atoms with E-state index in [2.05, 4.69) is 20.4 Å². The van der Waals surface area contributed by atoms with Crippen LogP contribution < -0.4 is 5.32 Å². The molecule has 1 saturated heterocycles. The number of hydrogen-bond donors (Lipinski definition) is 2. The van der Waals surface area contributed by atoms with E-state index in [4.69, 9.17) is 9.63 Å². The molecular weight excluding hydrogens is 212 g/mol. The van der Waals surface area contributed by atoms with Gasteiger partial charge >= 0.3 is 5.97 Å². The van der Waals surface area contributed by atoms with Crippen LogP contribution in [0.5, 0.6) is 0 Å². The van der Waals surface area contributed by atoms with Gasteiger partial charge in [-0.05, 0) is 24.7 Å². The largest absolute Gasteiger partial charge is 0.475 e. The van der Waals surface area contributed by atoms with E-state index in [-0.39, 0.29) is 5.82 Å². The lowest BCUT2D eigenvalue weighted by Crippen LogP contribution is -2.27. The van der Waals surface area contributed by atoms with Crippen molar-refractivity contribution in [2.75, 3.05) is 26.2 Å². The van der Waals surface area contributed by atoms with E-state index >= 15 is 0 Å². The minimum Gasteiger partial charge on any atom is -0.475 e. The SMILES string of the molecule is O=C(O)c1noc(CN2CCCNCC2)n1. The lowest BCUT2D eigenvalue weighted by molar-refractivity contribution is 0.0680. The van der Waals surface area contributed by atoms with E-state index < -0.39 is 5.97 Å². The standard InChI is InChI=1S/C9H14N4O3/c14-9(15)8-11-7(16-12-8)6-13-4-1-2-10-3-5-13/h10H,1-6H2,(H,14,15). The van der Waals surface area contributed by atoms with Crippen LogP contribution in [0.15, 0.2) is 4.52 Å². The van der Waals surface area contributed by atoms with Crippen LogP contribution in [0.4, 0.5) is 0 Å². The summed E-state index contributed by atoms with van der Waals surface area (Å²) in [6.07, 6.45) is 1.07. The Morgan fingerprint density at radius 1 is 1.50 bits per heavy atom. The zero-order valence-electron chi connectivity index (χ0n) is 8.85. The summed E-state index contributed by atoms with van der Waals surface area (Å²) in [4.78, 5) is 16.5. The molecule has 1 aliphatic rings. The second-order valence-electron chi connectivity index (χ2n) is 3.70. The molecule has 0 amide bonds. The van der Waals surface area contributed by atoms with Crippen molar-refractivity contribution in [3.63, 3.8) is 0 Å². The van der Waals surface area contributed by atoms with Crippen LogP contribution in [0.2, 0.25) is 0 Å². The quantitative estimate of drug-likeness (QED) is 0.722. The van der Waals surface area contributed by atoms with Crippen molar-refractivity contribution in [1.29, 1.82) is 0 Å². The topological polar surface area (TPSA) is 91.5 Å². The van der Waals surface area contributed by atoms with Crippen LogP contribution in [-0.2, 0) is 6.54 Å². The second kappa shape index (κ2) is 5.04. The molecule has 0 aliphatic carbocycles. The van der Waals surface area contributed by atoms with Gasteiger partial charge in [-0.3, -0.25) is 4.90 Å². The first kappa shape index (κ1) is 11.0. The fraction of sp³-hybridized carbons (Fsp3) is 0.667. The lowest BCUT2D eigenvalue weighted by atomic mass is 10.4. The molecule has 1 aromatic rings. The Morgan fingerprint density at radius 2 is 2.38 bits per heavy atom. The number of rotatable bonds is 3. The predicted octanol–water partition coefficient (Wildman–Crippen LogP) is -0.437. The Balaban J connectivity index is 1.94. The number of aromatic carboxylic acids is 1. The van der Waals surface area contributed by atoms with Crippen LogP contribution in [-0.4, -0.2) is 52.3 Å². The van der Waals surface area contributed by atoms with Gasteiger partial charge in [-0.2, -0.15) is 4.98 Å². The van der Waals surface area contributed by atoms with Crippen molar-refractivity contribution in [2.24, 2.45) is 0 Å². The van der Waals surface area contributed by atoms with Crippen LogP contribution >= 0.6 is 0 Å². The fourth-order valence-electron chi connectivity index (χ4n) is 1.66. The predicted molar refractivity (Wildman–Crippen MR) is 54.0 cm³/mol. The average molecular weight is 226 g/mol. The number of carboxylic acid groups (broad SMARTS) is 1. The first-order chi connectivity index (χ1) is 7.75. The summed E-state index contributed by atoms with van der Waals surface area (Å²) in [5.74, 6) is -1.07. The molecule has 1 aromatic heterocycles. The highest BCUT2D eigenvalue weighted by Gasteiger charge is 2.16. The number of carbonyl (C=O) groups is 1. The highest BCUT2D eigenvalue weighted by Crippen LogP contribution is 2.04. The Bertz CT molecular complexity index is 357. The summed E-state index contributed by atoms with van der Waals surface area (Å²) in [6.45, 7) is 4.32. The minimum absolute atomic E-state index is 0.275. The van der Waals surface area contributed by atoms with Crippen molar-refractivity contribution in [1.82, 2.24) is 20.4 Å². The van der Waals surface area contributed by atoms with E-state index in [1.165, 1.54) is 0 Å². The van der Waals surface area contributed by atoms with Gasteiger partial charge in [0.05, 0.1) is 6.54 Å². The van der Waals surface area contributed by atoms with Crippen LogP contribution in [0.25, 0.3) is 0 Å². The van der Waals surface area contributed by atoms with Gasteiger partial charge in [0.2, 0.25) is 5.89 Å². The van der Waals surface area contributed by atoms with E-state index in [1.54, 1.807) is 0 Å². The maximum Gasteiger partial charge on any atom is 0.377 e. The zero-order chi connectivity index (χ0) is 11.4. The lowest BCUT2D eigenvalue weighted by Gasteiger charge is -2.16. The van der Waals surface area contributed by atoms with Gasteiger partial charge in [0.15, 0.2) is 0 Å². The summed E-state index contributed by atoms with van der Waals surface area (Å²) >= 11 is 0. The van der Waals surface area contributed by atoms with Crippen LogP contribution in [0, 0.1) is 0 Å². The molecule has 7 nitrogen and oxygen atoms in total. The van der Waals surface area contributed by atoms with Gasteiger partial charge in [-0.1, -0.05) is 0 Å². The molecule has 2 rings (SSSR count). The molecule has 2 heterocycles. The first-order valence-corrected chi connectivity index (χ1v) is 5.24. The number of hydrogen-bond acceptors (Lipinski definition) is 6. The summed E-state index contributed by atoms with van der Waals surface area (Å²) in [5, 5.41) is 15.3. The van der Waals surface area contributed by atoms with Gasteiger partial charge in [-0.15, -0.1) is 0 Å². The van der Waals surface area contributed by atoms with Gasteiger partial charge in [0.1, 0.15) is 0 Å². The third kappa shape index (κ3) is 2.77. The molecule has 0 bridgehead atoms. The van der Waals surface area contributed by atoms with Crippen molar-refractivity contribution >= 4 is 5.97 Å². The average Bonchev–Trinajstić information content (AvgIpc) is 2.56. The maximum atomic E-state index is 10.6. The van der Waals surface area contributed by atoms with E-state index in [0.29, 0.717) is 12.4 Å². The summed E-state index contributed by atoms with van der Waals surface area (Å²) in [7, 11) is 0. The van der Waals surface area contributed by atoms with Crippen LogP contribution in [0.3, 0.4) is 0 Å². The molecule has 7 heteroatoms. The number of nitrogens with one attached hydrogen (secondary N) is 1.